The molecule has 1 aliphatic rings. The highest BCUT2D eigenvalue weighted by Gasteiger charge is 2.47. The van der Waals surface area contributed by atoms with Crippen LogP contribution in [0.1, 0.15) is 258 Å². The fraction of sp³-hybridized carbons (Fsp3) is 0.714. The Bertz CT molecular complexity index is 1730. The summed E-state index contributed by atoms with van der Waals surface area (Å²) in [7, 11) is 0. The lowest BCUT2D eigenvalue weighted by molar-refractivity contribution is -0.305. The lowest BCUT2D eigenvalue weighted by Crippen LogP contribution is -2.61. The van der Waals surface area contributed by atoms with Gasteiger partial charge in [-0.1, -0.05) is 265 Å². The molecule has 11 nitrogen and oxygen atoms in total. The van der Waals surface area contributed by atoms with E-state index in [0.717, 1.165) is 83.5 Å². The average molecular weight is 1130 g/mol. The first-order valence-electron chi connectivity index (χ1n) is 32.7. The van der Waals surface area contributed by atoms with Crippen LogP contribution in [0.2, 0.25) is 0 Å². The molecular weight excluding hydrogens is 1010 g/mol. The van der Waals surface area contributed by atoms with Crippen molar-refractivity contribution >= 4 is 11.9 Å². The van der Waals surface area contributed by atoms with Crippen LogP contribution in [0.15, 0.2) is 109 Å². The Morgan fingerprint density at radius 3 is 1.36 bits per heavy atom. The number of ether oxygens (including phenoxy) is 3. The summed E-state index contributed by atoms with van der Waals surface area (Å²) >= 11 is 0. The third-order valence-electron chi connectivity index (χ3n) is 14.7. The Morgan fingerprint density at radius 2 is 0.889 bits per heavy atom. The third-order valence-corrected chi connectivity index (χ3v) is 14.7. The van der Waals surface area contributed by atoms with Gasteiger partial charge in [0.15, 0.2) is 12.4 Å². The van der Waals surface area contributed by atoms with E-state index in [2.05, 4.69) is 105 Å². The van der Waals surface area contributed by atoms with Crippen molar-refractivity contribution in [1.82, 2.24) is 5.32 Å². The van der Waals surface area contributed by atoms with Crippen LogP contribution in [0.4, 0.5) is 0 Å². The monoisotopic (exact) mass is 1130 g/mol. The second-order valence-corrected chi connectivity index (χ2v) is 22.1. The molecule has 1 fully saturated rings. The van der Waals surface area contributed by atoms with Gasteiger partial charge in [-0.05, 0) is 89.9 Å². The second-order valence-electron chi connectivity index (χ2n) is 22.1. The van der Waals surface area contributed by atoms with Gasteiger partial charge in [-0.2, -0.15) is 0 Å². The Labute approximate surface area is 494 Å². The maximum Gasteiger partial charge on any atom is 0.306 e. The molecule has 464 valence electrons. The first kappa shape index (κ1) is 75.3. The van der Waals surface area contributed by atoms with Crippen LogP contribution in [0.25, 0.3) is 0 Å². The van der Waals surface area contributed by atoms with Crippen molar-refractivity contribution in [2.75, 3.05) is 13.2 Å². The van der Waals surface area contributed by atoms with Crippen LogP contribution < -0.4 is 5.32 Å². The summed E-state index contributed by atoms with van der Waals surface area (Å²) < 4.78 is 17.6. The van der Waals surface area contributed by atoms with Gasteiger partial charge in [-0.15, -0.1) is 0 Å². The van der Waals surface area contributed by atoms with Crippen molar-refractivity contribution in [2.45, 2.75) is 307 Å². The van der Waals surface area contributed by atoms with Crippen molar-refractivity contribution in [1.29, 1.82) is 0 Å². The molecule has 6 N–H and O–H groups in total. The third kappa shape index (κ3) is 44.5. The van der Waals surface area contributed by atoms with Crippen molar-refractivity contribution < 1.29 is 49.3 Å². The quantitative estimate of drug-likeness (QED) is 0.0195. The van der Waals surface area contributed by atoms with E-state index in [1.54, 1.807) is 12.2 Å². The lowest BCUT2D eigenvalue weighted by atomic mass is 9.99. The highest BCUT2D eigenvalue weighted by molar-refractivity contribution is 5.81. The van der Waals surface area contributed by atoms with Gasteiger partial charge in [-0.3, -0.25) is 9.59 Å². The SMILES string of the molecule is CC/C=C\C/C=C\C/C=C\C/C=C\C/C=C\C/C=C\CC(O)C(=O)NC(COC1OC(CO)C(O)C(O)C1OC(=O)CCCCCCCCCCCCCCC/C=C\C/C=C\CCCCC)C(O)/C=C/CCCCCCCCCCC. The molecule has 1 aliphatic heterocycles. The number of hydrogen-bond donors (Lipinski definition) is 6. The molecule has 0 saturated carbocycles. The zero-order valence-electron chi connectivity index (χ0n) is 51.4. The van der Waals surface area contributed by atoms with Gasteiger partial charge in [0, 0.05) is 12.8 Å². The number of carbonyl (C=O) groups excluding carboxylic acids is 2. The molecule has 0 aromatic rings. The molecule has 8 atom stereocenters. The van der Waals surface area contributed by atoms with Crippen LogP contribution >= 0.6 is 0 Å². The van der Waals surface area contributed by atoms with Crippen molar-refractivity contribution in [3.05, 3.63) is 109 Å². The predicted octanol–water partition coefficient (Wildman–Crippen LogP) is 16.1. The van der Waals surface area contributed by atoms with Crippen LogP contribution in [0.3, 0.4) is 0 Å². The van der Waals surface area contributed by atoms with Gasteiger partial charge in [0.1, 0.15) is 24.4 Å². The summed E-state index contributed by atoms with van der Waals surface area (Å²) in [6.07, 6.45) is 67.2. The molecule has 0 aromatic heterocycles. The van der Waals surface area contributed by atoms with Crippen molar-refractivity contribution in [2.24, 2.45) is 0 Å². The summed E-state index contributed by atoms with van der Waals surface area (Å²) in [5.41, 5.74) is 0. The Hall–Kier alpha value is -3.68. The molecular formula is C70H119NO10. The fourth-order valence-electron chi connectivity index (χ4n) is 9.52. The smallest absolute Gasteiger partial charge is 0.306 e. The van der Waals surface area contributed by atoms with Crippen LogP contribution in [0, 0.1) is 0 Å². The molecule has 1 amide bonds. The van der Waals surface area contributed by atoms with E-state index >= 15 is 0 Å². The number of aliphatic hydroxyl groups excluding tert-OH is 5. The van der Waals surface area contributed by atoms with Gasteiger partial charge in [0.2, 0.25) is 5.91 Å². The number of amides is 1. The van der Waals surface area contributed by atoms with Crippen LogP contribution in [0.5, 0.6) is 0 Å². The fourth-order valence-corrected chi connectivity index (χ4v) is 9.52. The van der Waals surface area contributed by atoms with E-state index in [1.165, 1.54) is 128 Å². The number of aliphatic hydroxyl groups is 5. The van der Waals surface area contributed by atoms with E-state index in [-0.39, 0.29) is 19.4 Å². The standard InChI is InChI=1S/C70H119NO10/c1-4-7-10-13-16-19-22-24-26-28-30-31-32-33-34-36-38-40-43-46-49-52-55-58-65(75)81-68-67(77)66(76)64(59-72)80-70(68)79-60-61(62(73)56-53-50-47-44-41-21-18-15-12-9-6-3)71-69(78)63(74)57-54-51-48-45-42-39-37-35-29-27-25-23-20-17-14-11-8-5-2/h8,11,16-17,19-20,24-27,35,37,42,45,51,53-54,56,61-64,66-68,70,72-74,76-77H,4-7,9-10,12-15,18,21-23,28-34,36,38-41,43-44,46-50,52,55,57-60H2,1-3H3,(H,71,78)/b11-8-,19-16-,20-17-,26-24-,27-25-,37-35-,45-42-,54-51-,56-53+. The van der Waals surface area contributed by atoms with Gasteiger partial charge < -0.3 is 45.1 Å². The number of unbranched alkanes of at least 4 members (excludes halogenated alkanes) is 25. The summed E-state index contributed by atoms with van der Waals surface area (Å²) in [5.74, 6) is -1.29. The first-order chi connectivity index (χ1) is 39.7. The Morgan fingerprint density at radius 1 is 0.494 bits per heavy atom. The number of nitrogens with one attached hydrogen (secondary N) is 1. The zero-order chi connectivity index (χ0) is 58.9. The molecule has 0 spiro atoms. The summed E-state index contributed by atoms with van der Waals surface area (Å²) in [6.45, 7) is 5.60. The van der Waals surface area contributed by atoms with E-state index in [9.17, 15) is 35.1 Å². The molecule has 0 aromatic carbocycles. The molecule has 81 heavy (non-hydrogen) atoms. The average Bonchev–Trinajstić information content (AvgIpc) is 3.51. The molecule has 11 heteroatoms. The minimum atomic E-state index is -1.63. The second kappa shape index (κ2) is 56.8. The molecule has 0 aliphatic carbocycles. The van der Waals surface area contributed by atoms with Crippen molar-refractivity contribution in [3.63, 3.8) is 0 Å². The van der Waals surface area contributed by atoms with Gasteiger partial charge >= 0.3 is 5.97 Å². The van der Waals surface area contributed by atoms with Crippen molar-refractivity contribution in [3.8, 4) is 0 Å². The predicted molar refractivity (Wildman–Crippen MR) is 338 cm³/mol. The van der Waals surface area contributed by atoms with E-state index in [1.807, 2.05) is 18.2 Å². The van der Waals surface area contributed by atoms with E-state index in [4.69, 9.17) is 14.2 Å². The maximum atomic E-state index is 13.4. The van der Waals surface area contributed by atoms with Crippen LogP contribution in [-0.2, 0) is 23.8 Å². The van der Waals surface area contributed by atoms with E-state index in [0.29, 0.717) is 12.8 Å². The highest BCUT2D eigenvalue weighted by atomic mass is 16.7. The summed E-state index contributed by atoms with van der Waals surface area (Å²) in [4.78, 5) is 26.5. The minimum Gasteiger partial charge on any atom is -0.454 e. The van der Waals surface area contributed by atoms with Gasteiger partial charge in [-0.25, -0.2) is 0 Å². The molecule has 1 rings (SSSR count). The first-order valence-corrected chi connectivity index (χ1v) is 32.7. The normalized spacial score (nSPS) is 19.4. The minimum absolute atomic E-state index is 0.0534. The number of esters is 1. The number of rotatable bonds is 54. The molecule has 0 radical (unpaired) electrons. The summed E-state index contributed by atoms with van der Waals surface area (Å²) in [6, 6.07) is -1.07. The lowest BCUT2D eigenvalue weighted by Gasteiger charge is -2.41. The molecule has 1 heterocycles. The largest absolute Gasteiger partial charge is 0.454 e. The molecule has 0 bridgehead atoms. The summed E-state index contributed by atoms with van der Waals surface area (Å²) in [5, 5.41) is 56.9. The molecule has 1 saturated heterocycles. The highest BCUT2D eigenvalue weighted by Crippen LogP contribution is 2.26. The van der Waals surface area contributed by atoms with Gasteiger partial charge in [0.25, 0.3) is 0 Å². The maximum absolute atomic E-state index is 13.4. The Balaban J connectivity index is 2.65. The van der Waals surface area contributed by atoms with Gasteiger partial charge in [0.05, 0.1) is 25.4 Å². The molecule has 8 unspecified atom stereocenters. The zero-order valence-corrected chi connectivity index (χ0v) is 51.4. The number of hydrogen-bond acceptors (Lipinski definition) is 10. The van der Waals surface area contributed by atoms with Crippen LogP contribution in [-0.4, -0.2) is 99.6 Å². The van der Waals surface area contributed by atoms with E-state index < -0.39 is 67.4 Å². The number of allylic oxidation sites excluding steroid dienone is 16. The Kier molecular flexibility index (Phi) is 52.8. The number of carbonyl (C=O) groups is 2. The topological polar surface area (TPSA) is 175 Å².